The number of rotatable bonds is 3. The maximum absolute atomic E-state index is 11.4. The number of nitrogens with one attached hydrogen (secondary N) is 1. The number of halogens is 3. The van der Waals surface area contributed by atoms with Gasteiger partial charge in [0.05, 0.1) is 15.1 Å². The van der Waals surface area contributed by atoms with Gasteiger partial charge in [0, 0.05) is 6.07 Å². The van der Waals surface area contributed by atoms with Gasteiger partial charge in [-0.3, -0.25) is 10.1 Å². The first-order chi connectivity index (χ1) is 8.31. The molecule has 3 amide bonds. The summed E-state index contributed by atoms with van der Waals surface area (Å²) in [6, 6.07) is 1.80. The van der Waals surface area contributed by atoms with Crippen LogP contribution < -0.4 is 15.8 Å². The Kier molecular flexibility index (Phi) is 5.07. The van der Waals surface area contributed by atoms with Gasteiger partial charge in [-0.15, -0.1) is 0 Å². The number of imide groups is 1. The van der Waals surface area contributed by atoms with Crippen LogP contribution in [0.2, 0.25) is 15.1 Å². The molecule has 5 nitrogen and oxygen atoms in total. The predicted molar refractivity (Wildman–Crippen MR) is 69.3 cm³/mol. The van der Waals surface area contributed by atoms with E-state index in [9.17, 15) is 9.59 Å². The van der Waals surface area contributed by atoms with Crippen molar-refractivity contribution < 1.29 is 14.3 Å². The normalized spacial score (nSPS) is 11.8. The van der Waals surface area contributed by atoms with Crippen molar-refractivity contribution in [2.24, 2.45) is 5.73 Å². The van der Waals surface area contributed by atoms with E-state index in [1.165, 1.54) is 19.1 Å². The average molecular weight is 312 g/mol. The van der Waals surface area contributed by atoms with Crippen LogP contribution >= 0.6 is 34.8 Å². The van der Waals surface area contributed by atoms with Gasteiger partial charge in [0.1, 0.15) is 5.75 Å². The number of primary amides is 1. The van der Waals surface area contributed by atoms with Crippen molar-refractivity contribution in [2.45, 2.75) is 13.0 Å². The van der Waals surface area contributed by atoms with Gasteiger partial charge in [-0.1, -0.05) is 34.8 Å². The molecule has 0 aromatic heterocycles. The second kappa shape index (κ2) is 6.13. The summed E-state index contributed by atoms with van der Waals surface area (Å²) in [7, 11) is 0. The Bertz CT molecular complexity index is 494. The average Bonchev–Trinajstić information content (AvgIpc) is 2.24. The summed E-state index contributed by atoms with van der Waals surface area (Å²) in [6.45, 7) is 1.43. The van der Waals surface area contributed by atoms with Crippen LogP contribution in [0.25, 0.3) is 0 Å². The second-order valence-electron chi connectivity index (χ2n) is 3.31. The first-order valence-electron chi connectivity index (χ1n) is 4.72. The molecule has 0 spiro atoms. The van der Waals surface area contributed by atoms with Gasteiger partial charge in [-0.25, -0.2) is 4.79 Å². The first kappa shape index (κ1) is 14.9. The summed E-state index contributed by atoms with van der Waals surface area (Å²) < 4.78 is 5.25. The summed E-state index contributed by atoms with van der Waals surface area (Å²) in [5.74, 6) is -0.511. The van der Waals surface area contributed by atoms with E-state index < -0.39 is 18.0 Å². The molecule has 0 aliphatic heterocycles. The fourth-order valence-electron chi connectivity index (χ4n) is 1.06. The van der Waals surface area contributed by atoms with E-state index in [2.05, 4.69) is 0 Å². The molecule has 1 aromatic rings. The van der Waals surface area contributed by atoms with Gasteiger partial charge in [0.25, 0.3) is 5.91 Å². The number of hydrogen-bond acceptors (Lipinski definition) is 3. The molecule has 0 saturated heterocycles. The number of ether oxygens (including phenoxy) is 1. The third-order valence-corrected chi connectivity index (χ3v) is 2.91. The molecule has 8 heteroatoms. The van der Waals surface area contributed by atoms with Crippen LogP contribution in [0.5, 0.6) is 5.75 Å². The summed E-state index contributed by atoms with van der Waals surface area (Å²) in [5, 5.41) is 2.58. The predicted octanol–water partition coefficient (Wildman–Crippen LogP) is 2.61. The van der Waals surface area contributed by atoms with Gasteiger partial charge >= 0.3 is 6.03 Å². The molecule has 1 aromatic carbocycles. The van der Waals surface area contributed by atoms with E-state index >= 15 is 0 Å². The molecule has 0 radical (unpaired) electrons. The molecular formula is C10H9Cl3N2O3. The van der Waals surface area contributed by atoms with Crippen LogP contribution in [0.15, 0.2) is 12.1 Å². The van der Waals surface area contributed by atoms with Gasteiger partial charge in [0.2, 0.25) is 0 Å². The van der Waals surface area contributed by atoms with Gasteiger partial charge in [-0.05, 0) is 13.0 Å². The lowest BCUT2D eigenvalue weighted by Gasteiger charge is -2.15. The fourth-order valence-corrected chi connectivity index (χ4v) is 1.64. The fraction of sp³-hybridized carbons (Fsp3) is 0.200. The molecule has 0 fully saturated rings. The topological polar surface area (TPSA) is 81.4 Å². The molecule has 18 heavy (non-hydrogen) atoms. The summed E-state index contributed by atoms with van der Waals surface area (Å²) in [4.78, 5) is 21.9. The van der Waals surface area contributed by atoms with Crippen molar-refractivity contribution >= 4 is 46.7 Å². The third kappa shape index (κ3) is 3.94. The van der Waals surface area contributed by atoms with Crippen molar-refractivity contribution in [3.63, 3.8) is 0 Å². The van der Waals surface area contributed by atoms with Crippen LogP contribution in [0, 0.1) is 0 Å². The minimum absolute atomic E-state index is 0.179. The summed E-state index contributed by atoms with van der Waals surface area (Å²) in [5.41, 5.74) is 4.81. The molecule has 0 bridgehead atoms. The number of carbonyl (C=O) groups is 2. The zero-order valence-corrected chi connectivity index (χ0v) is 11.4. The Hall–Kier alpha value is -1.17. The van der Waals surface area contributed by atoms with Crippen molar-refractivity contribution in [1.29, 1.82) is 0 Å². The van der Waals surface area contributed by atoms with Crippen LogP contribution in [-0.4, -0.2) is 18.0 Å². The number of hydrogen-bond donors (Lipinski definition) is 2. The number of carbonyl (C=O) groups excluding carboxylic acids is 2. The SMILES string of the molecule is C[C@@H](Oc1cc(Cl)c(Cl)cc1Cl)C(=O)NC(N)=O. The highest BCUT2D eigenvalue weighted by molar-refractivity contribution is 6.43. The van der Waals surface area contributed by atoms with E-state index in [0.29, 0.717) is 0 Å². The van der Waals surface area contributed by atoms with E-state index in [-0.39, 0.29) is 20.8 Å². The maximum Gasteiger partial charge on any atom is 0.318 e. The van der Waals surface area contributed by atoms with E-state index in [0.717, 1.165) is 0 Å². The van der Waals surface area contributed by atoms with Crippen molar-refractivity contribution in [1.82, 2.24) is 5.32 Å². The number of amides is 3. The van der Waals surface area contributed by atoms with E-state index in [4.69, 9.17) is 45.3 Å². The first-order valence-corrected chi connectivity index (χ1v) is 5.86. The largest absolute Gasteiger partial charge is 0.479 e. The van der Waals surface area contributed by atoms with Crippen LogP contribution in [0.4, 0.5) is 4.79 Å². The lowest BCUT2D eigenvalue weighted by molar-refractivity contribution is -0.126. The number of nitrogens with two attached hydrogens (primary N) is 1. The second-order valence-corrected chi connectivity index (χ2v) is 4.53. The number of benzene rings is 1. The van der Waals surface area contributed by atoms with Crippen LogP contribution in [-0.2, 0) is 4.79 Å². The Morgan fingerprint density at radius 3 is 2.33 bits per heavy atom. The lowest BCUT2D eigenvalue weighted by atomic mass is 10.3. The standard InChI is InChI=1S/C10H9Cl3N2O3/c1-4(9(16)15-10(14)17)18-8-3-6(12)5(11)2-7(8)13/h2-4H,1H3,(H3,14,15,16,17)/t4-/m1/s1. The molecule has 0 aliphatic carbocycles. The minimum Gasteiger partial charge on any atom is -0.479 e. The van der Waals surface area contributed by atoms with Crippen LogP contribution in [0.3, 0.4) is 0 Å². The Morgan fingerprint density at radius 1 is 1.22 bits per heavy atom. The molecule has 0 aliphatic rings. The van der Waals surface area contributed by atoms with Gasteiger partial charge < -0.3 is 10.5 Å². The Balaban J connectivity index is 2.81. The lowest BCUT2D eigenvalue weighted by Crippen LogP contribution is -2.42. The van der Waals surface area contributed by atoms with E-state index in [1.807, 2.05) is 5.32 Å². The van der Waals surface area contributed by atoms with E-state index in [1.54, 1.807) is 0 Å². The minimum atomic E-state index is -0.966. The molecule has 3 N–H and O–H groups in total. The summed E-state index contributed by atoms with van der Waals surface area (Å²) >= 11 is 17.4. The van der Waals surface area contributed by atoms with Gasteiger partial charge in [0.15, 0.2) is 6.10 Å². The van der Waals surface area contributed by atoms with Crippen LogP contribution in [0.1, 0.15) is 6.92 Å². The third-order valence-electron chi connectivity index (χ3n) is 1.89. The Labute approximate surface area is 118 Å². The Morgan fingerprint density at radius 2 is 1.78 bits per heavy atom. The molecular weight excluding hydrogens is 302 g/mol. The molecule has 1 atom stereocenters. The van der Waals surface area contributed by atoms with Crippen molar-refractivity contribution in [2.75, 3.05) is 0 Å². The molecule has 1 rings (SSSR count). The molecule has 0 heterocycles. The number of urea groups is 1. The molecule has 0 unspecified atom stereocenters. The van der Waals surface area contributed by atoms with Gasteiger partial charge in [-0.2, -0.15) is 0 Å². The quantitative estimate of drug-likeness (QED) is 0.842. The zero-order chi connectivity index (χ0) is 13.9. The summed E-state index contributed by atoms with van der Waals surface area (Å²) in [6.07, 6.45) is -0.966. The smallest absolute Gasteiger partial charge is 0.318 e. The monoisotopic (exact) mass is 310 g/mol. The highest BCUT2D eigenvalue weighted by Gasteiger charge is 2.18. The highest BCUT2D eigenvalue weighted by atomic mass is 35.5. The molecule has 0 saturated carbocycles. The highest BCUT2D eigenvalue weighted by Crippen LogP contribution is 2.34. The molecule has 98 valence electrons. The maximum atomic E-state index is 11.4. The van der Waals surface area contributed by atoms with Crippen molar-refractivity contribution in [3.8, 4) is 5.75 Å². The van der Waals surface area contributed by atoms with Crippen molar-refractivity contribution in [3.05, 3.63) is 27.2 Å². The zero-order valence-electron chi connectivity index (χ0n) is 9.17.